The van der Waals surface area contributed by atoms with Crippen LogP contribution in [0.1, 0.15) is 0 Å². The van der Waals surface area contributed by atoms with Crippen molar-refractivity contribution in [3.05, 3.63) is 44.6 Å². The Hall–Kier alpha value is -1.17. The quantitative estimate of drug-likeness (QED) is 0.747. The van der Waals surface area contributed by atoms with E-state index in [1.165, 1.54) is 6.07 Å². The van der Waals surface area contributed by atoms with Gasteiger partial charge in [0.15, 0.2) is 11.6 Å². The van der Waals surface area contributed by atoms with Gasteiger partial charge in [0.05, 0.1) is 15.8 Å². The number of anilines is 2. The van der Waals surface area contributed by atoms with Gasteiger partial charge >= 0.3 is 0 Å². The summed E-state index contributed by atoms with van der Waals surface area (Å²) in [5.41, 5.74) is 11.3. The monoisotopic (exact) mass is 364 g/mol. The lowest BCUT2D eigenvalue weighted by Gasteiger charge is -2.13. The van der Waals surface area contributed by atoms with Crippen LogP contribution in [-0.4, -0.2) is 0 Å². The number of rotatable bonds is 2. The predicted molar refractivity (Wildman–Crippen MR) is 79.5 cm³/mol. The normalized spacial score (nSPS) is 10.5. The Morgan fingerprint density at radius 2 is 1.79 bits per heavy atom. The third-order valence-electron chi connectivity index (χ3n) is 2.32. The molecule has 7 heteroatoms. The van der Waals surface area contributed by atoms with Crippen LogP contribution in [0.5, 0.6) is 11.5 Å². The van der Waals surface area contributed by atoms with Gasteiger partial charge in [-0.3, -0.25) is 0 Å². The van der Waals surface area contributed by atoms with Crippen molar-refractivity contribution >= 4 is 50.5 Å². The maximum Gasteiger partial charge on any atom is 0.188 e. The molecule has 0 saturated heterocycles. The van der Waals surface area contributed by atoms with Gasteiger partial charge in [0.2, 0.25) is 0 Å². The molecule has 2 aromatic rings. The Bertz CT molecular complexity index is 652. The minimum absolute atomic E-state index is 0.0548. The minimum Gasteiger partial charge on any atom is -0.451 e. The van der Waals surface area contributed by atoms with Crippen LogP contribution < -0.4 is 16.2 Å². The van der Waals surface area contributed by atoms with Crippen LogP contribution in [-0.2, 0) is 0 Å². The van der Waals surface area contributed by atoms with E-state index < -0.39 is 5.82 Å². The van der Waals surface area contributed by atoms with Gasteiger partial charge in [-0.25, -0.2) is 4.39 Å². The number of halogens is 4. The van der Waals surface area contributed by atoms with Crippen molar-refractivity contribution in [1.29, 1.82) is 0 Å². The van der Waals surface area contributed by atoms with E-state index in [2.05, 4.69) is 15.9 Å². The highest BCUT2D eigenvalue weighted by Gasteiger charge is 2.17. The van der Waals surface area contributed by atoms with Gasteiger partial charge in [-0.05, 0) is 40.2 Å². The summed E-state index contributed by atoms with van der Waals surface area (Å²) < 4.78 is 19.9. The summed E-state index contributed by atoms with van der Waals surface area (Å²) in [4.78, 5) is 0. The van der Waals surface area contributed by atoms with Gasteiger partial charge in [0.25, 0.3) is 0 Å². The number of hydrogen-bond acceptors (Lipinski definition) is 3. The zero-order valence-electron chi connectivity index (χ0n) is 9.38. The summed E-state index contributed by atoms with van der Waals surface area (Å²) >= 11 is 14.8. The highest BCUT2D eigenvalue weighted by atomic mass is 79.9. The van der Waals surface area contributed by atoms with Gasteiger partial charge < -0.3 is 16.2 Å². The predicted octanol–water partition coefficient (Wildman–Crippen LogP) is 4.85. The molecule has 3 nitrogen and oxygen atoms in total. The van der Waals surface area contributed by atoms with Crippen LogP contribution in [0.15, 0.2) is 28.7 Å². The van der Waals surface area contributed by atoms with Crippen molar-refractivity contribution in [2.24, 2.45) is 0 Å². The van der Waals surface area contributed by atoms with E-state index in [1.807, 2.05) is 0 Å². The third kappa shape index (κ3) is 2.88. The van der Waals surface area contributed by atoms with Gasteiger partial charge in [0, 0.05) is 5.02 Å². The molecule has 0 aromatic heterocycles. The fourth-order valence-electron chi connectivity index (χ4n) is 1.42. The number of benzene rings is 2. The molecule has 0 spiro atoms. The first-order valence-electron chi connectivity index (χ1n) is 5.06. The highest BCUT2D eigenvalue weighted by Crippen LogP contribution is 2.40. The van der Waals surface area contributed by atoms with Crippen LogP contribution in [0, 0.1) is 5.82 Å². The molecule has 0 aliphatic heterocycles. The Morgan fingerprint density at radius 1 is 1.11 bits per heavy atom. The molecule has 0 aliphatic rings. The Morgan fingerprint density at radius 3 is 2.42 bits per heavy atom. The van der Waals surface area contributed by atoms with Gasteiger partial charge in [-0.2, -0.15) is 0 Å². The molecule has 2 rings (SSSR count). The van der Waals surface area contributed by atoms with Crippen LogP contribution in [0.4, 0.5) is 15.8 Å². The second-order valence-electron chi connectivity index (χ2n) is 3.69. The lowest BCUT2D eigenvalue weighted by Crippen LogP contribution is -2.00. The number of nitrogens with two attached hydrogens (primary N) is 2. The first-order valence-corrected chi connectivity index (χ1v) is 6.61. The van der Waals surface area contributed by atoms with Crippen molar-refractivity contribution in [2.75, 3.05) is 11.5 Å². The van der Waals surface area contributed by atoms with Crippen molar-refractivity contribution in [2.45, 2.75) is 0 Å². The van der Waals surface area contributed by atoms with Crippen LogP contribution in [0.25, 0.3) is 0 Å². The third-order valence-corrected chi connectivity index (χ3v) is 3.56. The number of hydrogen-bond donors (Lipinski definition) is 2. The summed E-state index contributed by atoms with van der Waals surface area (Å²) in [5, 5.41) is 0.289. The topological polar surface area (TPSA) is 61.3 Å². The average Bonchev–Trinajstić information content (AvgIpc) is 2.34. The van der Waals surface area contributed by atoms with E-state index in [0.717, 1.165) is 0 Å². The second kappa shape index (κ2) is 5.45. The number of ether oxygens (including phenoxy) is 1. The zero-order valence-corrected chi connectivity index (χ0v) is 12.5. The van der Waals surface area contributed by atoms with Crippen LogP contribution in [0.3, 0.4) is 0 Å². The second-order valence-corrected chi connectivity index (χ2v) is 5.36. The summed E-state index contributed by atoms with van der Waals surface area (Å²) in [6, 6.07) is 6.14. The molecule has 0 radical (unpaired) electrons. The molecular formula is C12H8BrCl2FN2O. The molecule has 0 unspecified atom stereocenters. The largest absolute Gasteiger partial charge is 0.451 e. The molecule has 0 aliphatic carbocycles. The molecular weight excluding hydrogens is 358 g/mol. The lowest BCUT2D eigenvalue weighted by molar-refractivity contribution is 0.443. The van der Waals surface area contributed by atoms with E-state index in [9.17, 15) is 4.39 Å². The van der Waals surface area contributed by atoms with E-state index in [1.54, 1.807) is 18.2 Å². The van der Waals surface area contributed by atoms with Crippen molar-refractivity contribution < 1.29 is 9.13 Å². The molecule has 0 heterocycles. The van der Waals surface area contributed by atoms with E-state index in [-0.39, 0.29) is 22.1 Å². The van der Waals surface area contributed by atoms with Gasteiger partial charge in [-0.1, -0.05) is 23.2 Å². The van der Waals surface area contributed by atoms with E-state index >= 15 is 0 Å². The molecule has 0 saturated carbocycles. The highest BCUT2D eigenvalue weighted by molar-refractivity contribution is 9.10. The van der Waals surface area contributed by atoms with Crippen molar-refractivity contribution in [3.63, 3.8) is 0 Å². The summed E-state index contributed by atoms with van der Waals surface area (Å²) in [6.07, 6.45) is 0. The zero-order chi connectivity index (χ0) is 14.2. The summed E-state index contributed by atoms with van der Waals surface area (Å²) in [5.74, 6) is -0.626. The molecule has 4 N–H and O–H groups in total. The Balaban J connectivity index is 2.47. The standard InChI is InChI=1S/C12H8BrCl2FN2O/c13-6-3-5(14)1-2-9(6)19-12-8(18)4-7(17)10(15)11(12)16/h1-4H,17-18H2. The van der Waals surface area contributed by atoms with Crippen molar-refractivity contribution in [1.82, 2.24) is 0 Å². The van der Waals surface area contributed by atoms with Crippen molar-refractivity contribution in [3.8, 4) is 11.5 Å². The molecule has 0 atom stereocenters. The molecule has 19 heavy (non-hydrogen) atoms. The van der Waals surface area contributed by atoms with Crippen LogP contribution >= 0.6 is 39.1 Å². The van der Waals surface area contributed by atoms with E-state index in [0.29, 0.717) is 15.2 Å². The maximum absolute atomic E-state index is 14.0. The smallest absolute Gasteiger partial charge is 0.188 e. The Labute approximate surface area is 127 Å². The summed E-state index contributed by atoms with van der Waals surface area (Å²) in [7, 11) is 0. The molecule has 100 valence electrons. The first-order chi connectivity index (χ1) is 8.90. The van der Waals surface area contributed by atoms with Gasteiger partial charge in [0.1, 0.15) is 10.8 Å². The number of nitrogen functional groups attached to an aromatic ring is 2. The van der Waals surface area contributed by atoms with Crippen LogP contribution in [0.2, 0.25) is 10.0 Å². The first kappa shape index (κ1) is 14.2. The lowest BCUT2D eigenvalue weighted by atomic mass is 10.2. The fraction of sp³-hybridized carbons (Fsp3) is 0. The molecule has 2 aromatic carbocycles. The summed E-state index contributed by atoms with van der Waals surface area (Å²) in [6.45, 7) is 0. The molecule has 0 fully saturated rings. The average molecular weight is 366 g/mol. The Kier molecular flexibility index (Phi) is 4.08. The SMILES string of the molecule is Nc1cc(N)c(Oc2ccc(Cl)cc2Br)c(F)c1Cl. The van der Waals surface area contributed by atoms with E-state index in [4.69, 9.17) is 39.4 Å². The fourth-order valence-corrected chi connectivity index (χ4v) is 2.33. The molecule has 0 amide bonds. The molecule has 0 bridgehead atoms. The maximum atomic E-state index is 14.0. The minimum atomic E-state index is -0.805. The van der Waals surface area contributed by atoms with Gasteiger partial charge in [-0.15, -0.1) is 0 Å².